The Morgan fingerprint density at radius 3 is 2.43 bits per heavy atom. The molecule has 2 rings (SSSR count). The van der Waals surface area contributed by atoms with Crippen molar-refractivity contribution in [3.8, 4) is 0 Å². The van der Waals surface area contributed by atoms with E-state index >= 15 is 0 Å². The standard InChI is InChI=1S/C18H25N3O2/c1-5-21-13(2)12-17(14(21)3)18(23)19-15-6-8-16(9-7-15)20(4)10-11-22/h6-9,12,22H,5,10-11H2,1-4H3,(H,19,23). The number of aliphatic hydroxyl groups excluding tert-OH is 1. The fraction of sp³-hybridized carbons (Fsp3) is 0.389. The number of rotatable bonds is 6. The molecule has 1 aromatic carbocycles. The van der Waals surface area contributed by atoms with Gasteiger partial charge in [0, 0.05) is 42.9 Å². The topological polar surface area (TPSA) is 57.5 Å². The summed E-state index contributed by atoms with van der Waals surface area (Å²) in [6, 6.07) is 9.54. The fourth-order valence-electron chi connectivity index (χ4n) is 2.79. The summed E-state index contributed by atoms with van der Waals surface area (Å²) in [6.45, 7) is 7.61. The summed E-state index contributed by atoms with van der Waals surface area (Å²) < 4.78 is 2.13. The Balaban J connectivity index is 2.11. The van der Waals surface area contributed by atoms with Crippen LogP contribution in [0.3, 0.4) is 0 Å². The van der Waals surface area contributed by atoms with Gasteiger partial charge < -0.3 is 19.9 Å². The van der Waals surface area contributed by atoms with Crippen LogP contribution >= 0.6 is 0 Å². The molecule has 0 aliphatic heterocycles. The van der Waals surface area contributed by atoms with E-state index in [9.17, 15) is 4.79 Å². The van der Waals surface area contributed by atoms with Gasteiger partial charge in [0.2, 0.25) is 0 Å². The lowest BCUT2D eigenvalue weighted by atomic mass is 10.2. The molecule has 0 atom stereocenters. The van der Waals surface area contributed by atoms with Gasteiger partial charge in [-0.2, -0.15) is 0 Å². The molecule has 1 heterocycles. The van der Waals surface area contributed by atoms with Gasteiger partial charge in [-0.1, -0.05) is 0 Å². The van der Waals surface area contributed by atoms with E-state index in [0.29, 0.717) is 12.1 Å². The Labute approximate surface area is 137 Å². The van der Waals surface area contributed by atoms with E-state index in [2.05, 4.69) is 16.8 Å². The van der Waals surface area contributed by atoms with Crippen LogP contribution in [0.5, 0.6) is 0 Å². The van der Waals surface area contributed by atoms with Crippen LogP contribution in [0.1, 0.15) is 28.7 Å². The van der Waals surface area contributed by atoms with E-state index in [0.717, 1.165) is 29.3 Å². The number of nitrogens with one attached hydrogen (secondary N) is 1. The molecule has 0 spiro atoms. The van der Waals surface area contributed by atoms with Crippen molar-refractivity contribution in [3.05, 3.63) is 47.3 Å². The molecule has 0 fully saturated rings. The molecule has 0 bridgehead atoms. The number of aromatic nitrogens is 1. The van der Waals surface area contributed by atoms with Crippen molar-refractivity contribution in [1.29, 1.82) is 0 Å². The first-order valence-corrected chi connectivity index (χ1v) is 7.88. The van der Waals surface area contributed by atoms with E-state index in [1.54, 1.807) is 0 Å². The van der Waals surface area contributed by atoms with Gasteiger partial charge in [-0.15, -0.1) is 0 Å². The highest BCUT2D eigenvalue weighted by Crippen LogP contribution is 2.19. The second-order valence-corrected chi connectivity index (χ2v) is 5.68. The number of benzene rings is 1. The summed E-state index contributed by atoms with van der Waals surface area (Å²) in [5, 5.41) is 11.9. The first-order valence-electron chi connectivity index (χ1n) is 7.88. The number of aliphatic hydroxyl groups is 1. The van der Waals surface area contributed by atoms with Crippen molar-refractivity contribution in [2.24, 2.45) is 0 Å². The molecule has 0 aliphatic rings. The summed E-state index contributed by atoms with van der Waals surface area (Å²) in [4.78, 5) is 14.4. The van der Waals surface area contributed by atoms with Gasteiger partial charge in [0.05, 0.1) is 12.2 Å². The molecule has 0 aliphatic carbocycles. The van der Waals surface area contributed by atoms with Gasteiger partial charge >= 0.3 is 0 Å². The summed E-state index contributed by atoms with van der Waals surface area (Å²) in [7, 11) is 1.92. The van der Waals surface area contributed by atoms with Crippen molar-refractivity contribution in [3.63, 3.8) is 0 Å². The third-order valence-electron chi connectivity index (χ3n) is 4.14. The predicted octanol–water partition coefficient (Wildman–Crippen LogP) is 2.81. The average Bonchev–Trinajstić information content (AvgIpc) is 2.82. The van der Waals surface area contributed by atoms with Gasteiger partial charge in [-0.3, -0.25) is 4.79 Å². The molecule has 0 unspecified atom stereocenters. The third kappa shape index (κ3) is 3.74. The highest BCUT2D eigenvalue weighted by atomic mass is 16.3. The molecular weight excluding hydrogens is 290 g/mol. The maximum atomic E-state index is 12.5. The van der Waals surface area contributed by atoms with E-state index in [-0.39, 0.29) is 12.5 Å². The Bertz CT molecular complexity index is 674. The second kappa shape index (κ2) is 7.33. The van der Waals surface area contributed by atoms with Gasteiger partial charge in [0.25, 0.3) is 5.91 Å². The zero-order valence-corrected chi connectivity index (χ0v) is 14.3. The van der Waals surface area contributed by atoms with Crippen LogP contribution in [0.25, 0.3) is 0 Å². The smallest absolute Gasteiger partial charge is 0.257 e. The molecule has 124 valence electrons. The number of likely N-dealkylation sites (N-methyl/N-ethyl adjacent to an activating group) is 1. The monoisotopic (exact) mass is 315 g/mol. The Kier molecular flexibility index (Phi) is 5.45. The number of nitrogens with zero attached hydrogens (tertiary/aromatic N) is 2. The van der Waals surface area contributed by atoms with E-state index in [1.165, 1.54) is 0 Å². The largest absolute Gasteiger partial charge is 0.395 e. The predicted molar refractivity (Wildman–Crippen MR) is 94.3 cm³/mol. The quantitative estimate of drug-likeness (QED) is 0.862. The summed E-state index contributed by atoms with van der Waals surface area (Å²) in [5.74, 6) is -0.0886. The summed E-state index contributed by atoms with van der Waals surface area (Å²) in [5.41, 5.74) is 4.56. The van der Waals surface area contributed by atoms with Crippen molar-refractivity contribution in [2.45, 2.75) is 27.3 Å². The SMILES string of the molecule is CCn1c(C)cc(C(=O)Nc2ccc(N(C)CCO)cc2)c1C. The Hall–Kier alpha value is -2.27. The fourth-order valence-corrected chi connectivity index (χ4v) is 2.79. The van der Waals surface area contributed by atoms with Crippen LogP contribution < -0.4 is 10.2 Å². The molecule has 0 saturated heterocycles. The summed E-state index contributed by atoms with van der Waals surface area (Å²) in [6.07, 6.45) is 0. The first kappa shape index (κ1) is 17.1. The van der Waals surface area contributed by atoms with Gasteiger partial charge in [-0.05, 0) is 51.1 Å². The van der Waals surface area contributed by atoms with E-state index < -0.39 is 0 Å². The molecule has 2 aromatic rings. The molecule has 0 saturated carbocycles. The first-order chi connectivity index (χ1) is 11.0. The molecule has 5 nitrogen and oxygen atoms in total. The van der Waals surface area contributed by atoms with Gasteiger partial charge in [-0.25, -0.2) is 0 Å². The number of amides is 1. The highest BCUT2D eigenvalue weighted by molar-refractivity contribution is 6.05. The normalized spacial score (nSPS) is 10.7. The van der Waals surface area contributed by atoms with Gasteiger partial charge in [0.1, 0.15) is 0 Å². The maximum Gasteiger partial charge on any atom is 0.257 e. The number of hydrogen-bond acceptors (Lipinski definition) is 3. The third-order valence-corrected chi connectivity index (χ3v) is 4.14. The number of hydrogen-bond donors (Lipinski definition) is 2. The van der Waals surface area contributed by atoms with Crippen LogP contribution in [-0.2, 0) is 6.54 Å². The van der Waals surface area contributed by atoms with Crippen LogP contribution in [0, 0.1) is 13.8 Å². The lowest BCUT2D eigenvalue weighted by Gasteiger charge is -2.18. The molecular formula is C18H25N3O2. The van der Waals surface area contributed by atoms with Crippen LogP contribution in [0.15, 0.2) is 30.3 Å². The molecule has 0 radical (unpaired) electrons. The number of anilines is 2. The van der Waals surface area contributed by atoms with Crippen molar-refractivity contribution in [1.82, 2.24) is 4.57 Å². The van der Waals surface area contributed by atoms with Crippen LogP contribution in [0.2, 0.25) is 0 Å². The minimum absolute atomic E-state index is 0.0886. The average molecular weight is 315 g/mol. The Morgan fingerprint density at radius 2 is 1.91 bits per heavy atom. The highest BCUT2D eigenvalue weighted by Gasteiger charge is 2.15. The van der Waals surface area contributed by atoms with Crippen molar-refractivity contribution < 1.29 is 9.90 Å². The number of aryl methyl sites for hydroxylation is 1. The van der Waals surface area contributed by atoms with Crippen LogP contribution in [-0.4, -0.2) is 35.8 Å². The van der Waals surface area contributed by atoms with Crippen molar-refractivity contribution in [2.75, 3.05) is 30.4 Å². The number of carbonyl (C=O) groups excluding carboxylic acids is 1. The lowest BCUT2D eigenvalue weighted by molar-refractivity contribution is 0.102. The molecule has 5 heteroatoms. The molecule has 23 heavy (non-hydrogen) atoms. The zero-order chi connectivity index (χ0) is 17.0. The zero-order valence-electron chi connectivity index (χ0n) is 14.3. The van der Waals surface area contributed by atoms with Gasteiger partial charge in [0.15, 0.2) is 0 Å². The summed E-state index contributed by atoms with van der Waals surface area (Å²) >= 11 is 0. The minimum Gasteiger partial charge on any atom is -0.395 e. The van der Waals surface area contributed by atoms with E-state index in [1.807, 2.05) is 56.1 Å². The van der Waals surface area contributed by atoms with Crippen molar-refractivity contribution >= 4 is 17.3 Å². The maximum absolute atomic E-state index is 12.5. The molecule has 1 aromatic heterocycles. The Morgan fingerprint density at radius 1 is 1.26 bits per heavy atom. The van der Waals surface area contributed by atoms with E-state index in [4.69, 9.17) is 5.11 Å². The lowest BCUT2D eigenvalue weighted by Crippen LogP contribution is -2.21. The molecule has 2 N–H and O–H groups in total. The second-order valence-electron chi connectivity index (χ2n) is 5.68. The van der Waals surface area contributed by atoms with Crippen LogP contribution in [0.4, 0.5) is 11.4 Å². The minimum atomic E-state index is -0.0886. The molecule has 1 amide bonds. The number of carbonyl (C=O) groups is 1.